The molecule has 1 aliphatic rings. The monoisotopic (exact) mass is 550 g/mol. The van der Waals surface area contributed by atoms with E-state index in [9.17, 15) is 0 Å². The molecule has 0 aliphatic carbocycles. The van der Waals surface area contributed by atoms with Crippen molar-refractivity contribution in [3.05, 3.63) is 164 Å². The van der Waals surface area contributed by atoms with Crippen LogP contribution in [0.5, 0.6) is 0 Å². The highest BCUT2D eigenvalue weighted by Crippen LogP contribution is 2.48. The Kier molecular flexibility index (Phi) is 6.28. The predicted octanol–water partition coefficient (Wildman–Crippen LogP) is 8.82. The maximum absolute atomic E-state index is 2.38. The third-order valence-corrected chi connectivity index (χ3v) is 9.51. The van der Waals surface area contributed by atoms with Crippen molar-refractivity contribution in [2.75, 3.05) is 0 Å². The lowest BCUT2D eigenvalue weighted by molar-refractivity contribution is 1.39. The highest BCUT2D eigenvalue weighted by molar-refractivity contribution is 7.99. The first-order valence-electron chi connectivity index (χ1n) is 14.5. The van der Waals surface area contributed by atoms with Crippen molar-refractivity contribution in [2.45, 2.75) is 9.79 Å². The molecule has 0 N–H and O–H groups in total. The van der Waals surface area contributed by atoms with Crippen molar-refractivity contribution in [2.24, 2.45) is 0 Å². The van der Waals surface area contributed by atoms with Gasteiger partial charge in [0, 0.05) is 15.2 Å². The summed E-state index contributed by atoms with van der Waals surface area (Å²) in [5, 5.41) is 2.67. The van der Waals surface area contributed by atoms with E-state index in [1.54, 1.807) is 0 Å². The lowest BCUT2D eigenvalue weighted by Gasteiger charge is -2.21. The Morgan fingerprint density at radius 2 is 0.929 bits per heavy atom. The number of rotatable bonds is 5. The first kappa shape index (κ1) is 25.0. The van der Waals surface area contributed by atoms with E-state index in [0.717, 1.165) is 0 Å². The summed E-state index contributed by atoms with van der Waals surface area (Å²) < 4.78 is 0. The summed E-state index contributed by atoms with van der Waals surface area (Å²) in [6, 6.07) is 59.9. The summed E-state index contributed by atoms with van der Waals surface area (Å²) in [6.07, 6.45) is 0. The normalized spacial score (nSPS) is 11.7. The second-order valence-electron chi connectivity index (χ2n) is 10.9. The van der Waals surface area contributed by atoms with Crippen LogP contribution in [0.3, 0.4) is 0 Å². The van der Waals surface area contributed by atoms with Crippen LogP contribution >= 0.6 is 11.8 Å². The predicted molar refractivity (Wildman–Crippen MR) is 182 cm³/mol. The van der Waals surface area contributed by atoms with Crippen LogP contribution < -0.4 is 16.4 Å². The highest BCUT2D eigenvalue weighted by Gasteiger charge is 2.22. The minimum Gasteiger partial charge on any atom is -0.0888 e. The molecule has 0 amide bonds. The standard InChI is InChI=1S/C40H27BS/c1-3-16-33(17-4-1)41(34-18-5-2-6-19-34)35-20-8-15-31(26-35)29-13-7-14-30(25-29)32-23-24-38-37(27-32)36-21-9-11-28-12-10-22-39(42-38)40(28)36/h1-27H. The first-order valence-corrected chi connectivity index (χ1v) is 15.3. The van der Waals surface area contributed by atoms with Crippen molar-refractivity contribution in [3.63, 3.8) is 0 Å². The summed E-state index contributed by atoms with van der Waals surface area (Å²) in [6.45, 7) is 0.180. The van der Waals surface area contributed by atoms with Crippen LogP contribution in [0.25, 0.3) is 44.2 Å². The first-order chi connectivity index (χ1) is 20.8. The van der Waals surface area contributed by atoms with Crippen molar-refractivity contribution < 1.29 is 0 Å². The average Bonchev–Trinajstić information content (AvgIpc) is 3.06. The van der Waals surface area contributed by atoms with E-state index in [-0.39, 0.29) is 6.71 Å². The number of hydrogen-bond donors (Lipinski definition) is 0. The minimum atomic E-state index is 0.180. The van der Waals surface area contributed by atoms with Crippen LogP contribution in [0, 0.1) is 0 Å². The summed E-state index contributed by atoms with van der Waals surface area (Å²) in [7, 11) is 0. The number of hydrogen-bond acceptors (Lipinski definition) is 1. The van der Waals surface area contributed by atoms with Gasteiger partial charge in [-0.25, -0.2) is 0 Å². The zero-order valence-electron chi connectivity index (χ0n) is 23.1. The van der Waals surface area contributed by atoms with Gasteiger partial charge in [0.05, 0.1) is 0 Å². The molecule has 0 unspecified atom stereocenters. The van der Waals surface area contributed by atoms with E-state index in [0.29, 0.717) is 0 Å². The fraction of sp³-hybridized carbons (Fsp3) is 0. The Hall–Kier alpha value is -4.79. The molecule has 0 aromatic heterocycles. The third kappa shape index (κ3) is 4.45. The maximum atomic E-state index is 2.38. The molecule has 0 saturated heterocycles. The third-order valence-electron chi connectivity index (χ3n) is 8.37. The smallest absolute Gasteiger partial charge is 0.0888 e. The molecule has 1 aliphatic heterocycles. The van der Waals surface area contributed by atoms with Crippen LogP contribution in [-0.2, 0) is 0 Å². The Bertz CT molecular complexity index is 2020. The van der Waals surface area contributed by atoms with E-state index < -0.39 is 0 Å². The van der Waals surface area contributed by atoms with Gasteiger partial charge in [-0.05, 0) is 63.0 Å². The molecule has 42 heavy (non-hydrogen) atoms. The summed E-state index contributed by atoms with van der Waals surface area (Å²) in [4.78, 5) is 2.66. The maximum Gasteiger partial charge on any atom is 0.241 e. The van der Waals surface area contributed by atoms with Gasteiger partial charge in [-0.3, -0.25) is 0 Å². The molecule has 0 spiro atoms. The van der Waals surface area contributed by atoms with Gasteiger partial charge in [0.2, 0.25) is 6.71 Å². The summed E-state index contributed by atoms with van der Waals surface area (Å²) in [5.74, 6) is 0. The van der Waals surface area contributed by atoms with Gasteiger partial charge < -0.3 is 0 Å². The van der Waals surface area contributed by atoms with Crippen LogP contribution in [0.1, 0.15) is 0 Å². The minimum absolute atomic E-state index is 0.180. The molecule has 0 fully saturated rings. The van der Waals surface area contributed by atoms with Crippen LogP contribution in [0.2, 0.25) is 0 Å². The molecule has 0 bridgehead atoms. The van der Waals surface area contributed by atoms with E-state index in [1.807, 2.05) is 11.8 Å². The van der Waals surface area contributed by atoms with Gasteiger partial charge in [-0.2, -0.15) is 0 Å². The van der Waals surface area contributed by atoms with Crippen LogP contribution in [-0.4, -0.2) is 6.71 Å². The van der Waals surface area contributed by atoms with Gasteiger partial charge in [-0.15, -0.1) is 0 Å². The second-order valence-corrected chi connectivity index (χ2v) is 12.0. The Labute approximate surface area is 251 Å². The lowest BCUT2D eigenvalue weighted by Crippen LogP contribution is -2.51. The topological polar surface area (TPSA) is 0 Å². The zero-order valence-corrected chi connectivity index (χ0v) is 23.9. The summed E-state index contributed by atoms with van der Waals surface area (Å²) >= 11 is 1.88. The molecule has 7 aromatic rings. The molecule has 7 aromatic carbocycles. The summed E-state index contributed by atoms with van der Waals surface area (Å²) in [5.41, 5.74) is 11.5. The molecule has 2 heteroatoms. The zero-order chi connectivity index (χ0) is 27.9. The van der Waals surface area contributed by atoms with Crippen LogP contribution in [0.15, 0.2) is 174 Å². The molecule has 0 atom stereocenters. The fourth-order valence-corrected chi connectivity index (χ4v) is 7.52. The Morgan fingerprint density at radius 3 is 1.64 bits per heavy atom. The van der Waals surface area contributed by atoms with E-state index in [1.165, 1.54) is 70.3 Å². The van der Waals surface area contributed by atoms with Gasteiger partial charge in [0.25, 0.3) is 0 Å². The van der Waals surface area contributed by atoms with Crippen LogP contribution in [0.4, 0.5) is 0 Å². The molecule has 1 heterocycles. The van der Waals surface area contributed by atoms with Crippen molar-refractivity contribution >= 4 is 45.6 Å². The highest BCUT2D eigenvalue weighted by atomic mass is 32.2. The van der Waals surface area contributed by atoms with Crippen molar-refractivity contribution in [1.82, 2.24) is 0 Å². The van der Waals surface area contributed by atoms with Gasteiger partial charge in [-0.1, -0.05) is 168 Å². The quantitative estimate of drug-likeness (QED) is 0.193. The van der Waals surface area contributed by atoms with Gasteiger partial charge in [0.15, 0.2) is 0 Å². The molecule has 196 valence electrons. The van der Waals surface area contributed by atoms with E-state index in [4.69, 9.17) is 0 Å². The van der Waals surface area contributed by atoms with Gasteiger partial charge >= 0.3 is 0 Å². The van der Waals surface area contributed by atoms with Crippen molar-refractivity contribution in [3.8, 4) is 33.4 Å². The second kappa shape index (κ2) is 10.6. The largest absolute Gasteiger partial charge is 0.241 e. The Morgan fingerprint density at radius 1 is 0.357 bits per heavy atom. The molecular weight excluding hydrogens is 523 g/mol. The molecule has 0 nitrogen and oxygen atoms in total. The number of benzene rings is 7. The average molecular weight is 551 g/mol. The fourth-order valence-electron chi connectivity index (χ4n) is 6.39. The van der Waals surface area contributed by atoms with Gasteiger partial charge in [0.1, 0.15) is 0 Å². The molecular formula is C40H27BS. The van der Waals surface area contributed by atoms with E-state index >= 15 is 0 Å². The molecule has 0 radical (unpaired) electrons. The molecule has 8 rings (SSSR count). The lowest BCUT2D eigenvalue weighted by atomic mass is 9.37. The van der Waals surface area contributed by atoms with E-state index in [2.05, 4.69) is 164 Å². The van der Waals surface area contributed by atoms with Crippen molar-refractivity contribution in [1.29, 1.82) is 0 Å². The number of fused-ring (bicyclic) bond motifs is 2. The molecule has 0 saturated carbocycles. The Balaban J connectivity index is 1.19. The SMILES string of the molecule is c1ccc(B(c2ccccc2)c2cccc(-c3cccc(-c4ccc5c(c4)-c4cccc6cccc(c46)S5)c3)c2)cc1.